The summed E-state index contributed by atoms with van der Waals surface area (Å²) in [5.41, 5.74) is 0. The van der Waals surface area contributed by atoms with Crippen molar-refractivity contribution in [2.75, 3.05) is 13.2 Å². The molecule has 0 fully saturated rings. The van der Waals surface area contributed by atoms with E-state index in [4.69, 9.17) is 4.74 Å². The third kappa shape index (κ3) is 55.8. The number of rotatable bonds is 59. The zero-order valence-corrected chi connectivity index (χ0v) is 46.8. The lowest BCUT2D eigenvalue weighted by molar-refractivity contribution is -0.143. The average molecular weight is 975 g/mol. The maximum absolute atomic E-state index is 12.5. The van der Waals surface area contributed by atoms with Crippen LogP contribution in [0.4, 0.5) is 0 Å². The fourth-order valence-corrected chi connectivity index (χ4v) is 9.99. The molecule has 0 heterocycles. The van der Waals surface area contributed by atoms with Gasteiger partial charge in [-0.05, 0) is 32.1 Å². The largest absolute Gasteiger partial charge is 0.466 e. The number of carbonyl (C=O) groups excluding carboxylic acids is 2. The summed E-state index contributed by atoms with van der Waals surface area (Å²) < 4.78 is 5.47. The molecule has 0 saturated heterocycles. The molecule has 69 heavy (non-hydrogen) atoms. The van der Waals surface area contributed by atoms with Gasteiger partial charge in [0.2, 0.25) is 5.91 Å². The average Bonchev–Trinajstić information content (AvgIpc) is 3.35. The van der Waals surface area contributed by atoms with Crippen molar-refractivity contribution in [3.8, 4) is 0 Å². The highest BCUT2D eigenvalue weighted by molar-refractivity contribution is 5.76. The predicted octanol–water partition coefficient (Wildman–Crippen LogP) is 19.6. The molecule has 0 radical (unpaired) electrons. The maximum Gasteiger partial charge on any atom is 0.305 e. The first kappa shape index (κ1) is 67.6. The highest BCUT2D eigenvalue weighted by atomic mass is 16.5. The number of aliphatic hydroxyl groups is 2. The van der Waals surface area contributed by atoms with Crippen LogP contribution in [0.3, 0.4) is 0 Å². The van der Waals surface area contributed by atoms with E-state index >= 15 is 0 Å². The Morgan fingerprint density at radius 1 is 0.391 bits per heavy atom. The number of amides is 1. The summed E-state index contributed by atoms with van der Waals surface area (Å²) in [6.45, 7) is 4.92. The van der Waals surface area contributed by atoms with Gasteiger partial charge in [-0.25, -0.2) is 0 Å². The number of nitrogens with one attached hydrogen (secondary N) is 1. The van der Waals surface area contributed by atoms with Crippen LogP contribution in [-0.2, 0) is 14.3 Å². The van der Waals surface area contributed by atoms with Gasteiger partial charge >= 0.3 is 5.97 Å². The summed E-state index contributed by atoms with van der Waals surface area (Å²) >= 11 is 0. The van der Waals surface area contributed by atoms with E-state index in [0.29, 0.717) is 19.4 Å². The van der Waals surface area contributed by atoms with Gasteiger partial charge in [0.05, 0.1) is 25.4 Å². The Bertz CT molecular complexity index is 1030. The zero-order chi connectivity index (χ0) is 50.0. The Morgan fingerprint density at radius 2 is 0.667 bits per heavy atom. The summed E-state index contributed by atoms with van der Waals surface area (Å²) in [5, 5.41) is 23.1. The van der Waals surface area contributed by atoms with E-state index in [1.807, 2.05) is 6.08 Å². The van der Waals surface area contributed by atoms with Crippen LogP contribution in [0.1, 0.15) is 354 Å². The van der Waals surface area contributed by atoms with Crippen molar-refractivity contribution in [2.45, 2.75) is 366 Å². The maximum atomic E-state index is 12.5. The first-order valence-electron chi connectivity index (χ1n) is 31.5. The van der Waals surface area contributed by atoms with Crippen LogP contribution >= 0.6 is 0 Å². The highest BCUT2D eigenvalue weighted by Gasteiger charge is 2.18. The molecule has 0 bridgehead atoms. The zero-order valence-electron chi connectivity index (χ0n) is 46.8. The molecule has 0 aliphatic heterocycles. The Kier molecular flexibility index (Phi) is 58.0. The van der Waals surface area contributed by atoms with Gasteiger partial charge < -0.3 is 20.3 Å². The monoisotopic (exact) mass is 974 g/mol. The minimum absolute atomic E-state index is 0.0178. The van der Waals surface area contributed by atoms with E-state index in [0.717, 1.165) is 38.5 Å². The second kappa shape index (κ2) is 59.2. The van der Waals surface area contributed by atoms with Crippen molar-refractivity contribution >= 4 is 11.9 Å². The predicted molar refractivity (Wildman–Crippen MR) is 301 cm³/mol. The van der Waals surface area contributed by atoms with Crippen molar-refractivity contribution in [3.63, 3.8) is 0 Å². The second-order valence-electron chi connectivity index (χ2n) is 21.8. The second-order valence-corrected chi connectivity index (χ2v) is 21.8. The standard InChI is InChI=1S/C63H123NO5/c1-3-5-7-9-11-13-15-16-32-36-39-43-47-51-55-61(66)60(59-65)64-62(67)56-52-48-44-40-37-33-30-28-26-24-22-20-18-17-19-21-23-25-27-29-31-34-38-42-46-50-54-58-69-63(68)57-53-49-45-41-35-14-12-10-8-6-4-2/h51,55,60-61,65-66H,3-50,52-54,56-59H2,1-2H3,(H,64,67)/b55-51+. The molecule has 6 heteroatoms. The number of hydrogen-bond acceptors (Lipinski definition) is 5. The molecule has 0 spiro atoms. The minimum Gasteiger partial charge on any atom is -0.466 e. The summed E-state index contributed by atoms with van der Waals surface area (Å²) in [6, 6.07) is -0.624. The Balaban J connectivity index is 3.35. The highest BCUT2D eigenvalue weighted by Crippen LogP contribution is 2.18. The number of esters is 1. The number of aliphatic hydroxyl groups excluding tert-OH is 2. The van der Waals surface area contributed by atoms with Gasteiger partial charge in [0.15, 0.2) is 0 Å². The topological polar surface area (TPSA) is 95.9 Å². The Hall–Kier alpha value is -1.40. The van der Waals surface area contributed by atoms with Crippen LogP contribution in [0.15, 0.2) is 12.2 Å². The summed E-state index contributed by atoms with van der Waals surface area (Å²) in [6.07, 6.45) is 71.2. The first-order chi connectivity index (χ1) is 34.0. The lowest BCUT2D eigenvalue weighted by atomic mass is 10.0. The third-order valence-corrected chi connectivity index (χ3v) is 14.8. The molecule has 0 rings (SSSR count). The van der Waals surface area contributed by atoms with E-state index in [9.17, 15) is 19.8 Å². The van der Waals surface area contributed by atoms with Crippen molar-refractivity contribution in [1.82, 2.24) is 5.32 Å². The molecule has 0 aromatic heterocycles. The van der Waals surface area contributed by atoms with Gasteiger partial charge in [-0.2, -0.15) is 0 Å². The van der Waals surface area contributed by atoms with Gasteiger partial charge in [-0.3, -0.25) is 9.59 Å². The molecule has 6 nitrogen and oxygen atoms in total. The molecular formula is C63H123NO5. The van der Waals surface area contributed by atoms with E-state index in [1.54, 1.807) is 6.08 Å². The Labute approximate surface area is 431 Å². The summed E-state index contributed by atoms with van der Waals surface area (Å²) in [5.74, 6) is -0.0455. The van der Waals surface area contributed by atoms with Crippen molar-refractivity contribution in [1.29, 1.82) is 0 Å². The molecule has 0 aliphatic carbocycles. The van der Waals surface area contributed by atoms with Gasteiger partial charge in [0.25, 0.3) is 0 Å². The van der Waals surface area contributed by atoms with Crippen LogP contribution in [0.5, 0.6) is 0 Å². The van der Waals surface area contributed by atoms with Gasteiger partial charge in [-0.15, -0.1) is 0 Å². The van der Waals surface area contributed by atoms with Crippen molar-refractivity contribution in [3.05, 3.63) is 12.2 Å². The molecular weight excluding hydrogens is 851 g/mol. The normalized spacial score (nSPS) is 12.6. The number of carbonyl (C=O) groups is 2. The molecule has 2 unspecified atom stereocenters. The fourth-order valence-electron chi connectivity index (χ4n) is 9.99. The van der Waals surface area contributed by atoms with Crippen LogP contribution < -0.4 is 5.32 Å². The third-order valence-electron chi connectivity index (χ3n) is 14.8. The first-order valence-corrected chi connectivity index (χ1v) is 31.5. The lowest BCUT2D eigenvalue weighted by Gasteiger charge is -2.20. The summed E-state index contributed by atoms with van der Waals surface area (Å²) in [4.78, 5) is 24.5. The van der Waals surface area contributed by atoms with Crippen LogP contribution in [0.25, 0.3) is 0 Å². The van der Waals surface area contributed by atoms with Crippen LogP contribution in [-0.4, -0.2) is 47.4 Å². The molecule has 410 valence electrons. The quantitative estimate of drug-likeness (QED) is 0.0321. The molecule has 0 saturated carbocycles. The van der Waals surface area contributed by atoms with Crippen LogP contribution in [0.2, 0.25) is 0 Å². The van der Waals surface area contributed by atoms with Crippen molar-refractivity contribution in [2.24, 2.45) is 0 Å². The SMILES string of the molecule is CCCCCCCCCCCCCC/C=C/C(O)C(CO)NC(=O)CCCCCCCCCCCCCCCCCCCCCCCCCCCCCOC(=O)CCCCCCCCCCCCC. The van der Waals surface area contributed by atoms with E-state index in [1.165, 1.54) is 289 Å². The number of unbranched alkanes of at least 4 members (excludes halogenated alkanes) is 48. The molecule has 0 aromatic carbocycles. The molecule has 1 amide bonds. The van der Waals surface area contributed by atoms with Crippen molar-refractivity contribution < 1.29 is 24.5 Å². The molecule has 0 aromatic rings. The van der Waals surface area contributed by atoms with E-state index in [-0.39, 0.29) is 18.5 Å². The minimum atomic E-state index is -0.841. The Morgan fingerprint density at radius 3 is 0.986 bits per heavy atom. The lowest BCUT2D eigenvalue weighted by Crippen LogP contribution is -2.45. The van der Waals surface area contributed by atoms with E-state index in [2.05, 4.69) is 19.2 Å². The number of hydrogen-bond donors (Lipinski definition) is 3. The van der Waals surface area contributed by atoms with Gasteiger partial charge in [-0.1, -0.05) is 321 Å². The molecule has 2 atom stereocenters. The fraction of sp³-hybridized carbons (Fsp3) is 0.937. The van der Waals surface area contributed by atoms with Crippen LogP contribution in [0, 0.1) is 0 Å². The summed E-state index contributed by atoms with van der Waals surface area (Å²) in [7, 11) is 0. The number of ether oxygens (including phenoxy) is 1. The smallest absolute Gasteiger partial charge is 0.305 e. The number of allylic oxidation sites excluding steroid dienone is 1. The molecule has 3 N–H and O–H groups in total. The van der Waals surface area contributed by atoms with Gasteiger partial charge in [0, 0.05) is 12.8 Å². The molecule has 0 aliphatic rings. The van der Waals surface area contributed by atoms with Gasteiger partial charge in [0.1, 0.15) is 0 Å². The van der Waals surface area contributed by atoms with E-state index < -0.39 is 12.1 Å².